The summed E-state index contributed by atoms with van der Waals surface area (Å²) >= 11 is 1.59. The van der Waals surface area contributed by atoms with Crippen LogP contribution in [-0.4, -0.2) is 19.6 Å². The van der Waals surface area contributed by atoms with Crippen LogP contribution in [0.15, 0.2) is 29.8 Å². The van der Waals surface area contributed by atoms with Gasteiger partial charge in [0.05, 0.1) is 16.6 Å². The van der Waals surface area contributed by atoms with E-state index in [4.69, 9.17) is 5.73 Å². The second kappa shape index (κ2) is 4.82. The summed E-state index contributed by atoms with van der Waals surface area (Å²) in [4.78, 5) is 8.99. The molecule has 0 aliphatic rings. The van der Waals surface area contributed by atoms with Gasteiger partial charge in [-0.1, -0.05) is 0 Å². The fourth-order valence-corrected chi connectivity index (χ4v) is 3.36. The molecule has 0 radical (unpaired) electrons. The number of imidazole rings is 1. The molecule has 3 N–H and O–H groups in total. The Hall–Kier alpha value is -1.92. The molecule has 2 heterocycles. The molecule has 0 saturated heterocycles. The van der Waals surface area contributed by atoms with E-state index in [-0.39, 0.29) is 0 Å². The van der Waals surface area contributed by atoms with Gasteiger partial charge < -0.3 is 15.4 Å². The summed E-state index contributed by atoms with van der Waals surface area (Å²) in [6.07, 6.45) is 1.12. The zero-order valence-electron chi connectivity index (χ0n) is 12.2. The van der Waals surface area contributed by atoms with E-state index in [1.165, 1.54) is 0 Å². The number of nitrogen functional groups attached to an aromatic ring is 1. The van der Waals surface area contributed by atoms with Crippen LogP contribution in [0.5, 0.6) is 0 Å². The van der Waals surface area contributed by atoms with Crippen molar-refractivity contribution in [1.82, 2.24) is 14.5 Å². The number of anilines is 1. The normalized spacial score (nSPS) is 13.7. The number of aromatic nitrogens is 3. The van der Waals surface area contributed by atoms with Crippen molar-refractivity contribution in [3.63, 3.8) is 0 Å². The predicted octanol–water partition coefficient (Wildman–Crippen LogP) is 2.91. The van der Waals surface area contributed by atoms with E-state index in [2.05, 4.69) is 23.8 Å². The molecule has 0 aliphatic carbocycles. The minimum absolute atomic E-state index is 0.397. The molecule has 21 heavy (non-hydrogen) atoms. The highest BCUT2D eigenvalue weighted by Gasteiger charge is 2.31. The number of nitrogens with two attached hydrogens (primary N) is 1. The lowest BCUT2D eigenvalue weighted by molar-refractivity contribution is 0.178. The Balaban J connectivity index is 2.32. The molecule has 1 atom stereocenters. The largest absolute Gasteiger partial charge is 0.399 e. The van der Waals surface area contributed by atoms with Gasteiger partial charge >= 0.3 is 0 Å². The zero-order valence-corrected chi connectivity index (χ0v) is 13.1. The van der Waals surface area contributed by atoms with Crippen molar-refractivity contribution in [3.05, 3.63) is 40.6 Å². The molecule has 0 amide bonds. The third kappa shape index (κ3) is 2.20. The number of hydrogen-bond donors (Lipinski definition) is 2. The van der Waals surface area contributed by atoms with Crippen molar-refractivity contribution < 1.29 is 5.11 Å². The summed E-state index contributed by atoms with van der Waals surface area (Å²) < 4.78 is 2.05. The van der Waals surface area contributed by atoms with Crippen LogP contribution in [-0.2, 0) is 5.54 Å². The maximum Gasteiger partial charge on any atom is 0.139 e. The maximum atomic E-state index is 10.1. The van der Waals surface area contributed by atoms with Gasteiger partial charge in [0.2, 0.25) is 0 Å². The first-order chi connectivity index (χ1) is 9.91. The van der Waals surface area contributed by atoms with Crippen molar-refractivity contribution in [2.24, 2.45) is 0 Å². The van der Waals surface area contributed by atoms with Crippen LogP contribution >= 0.6 is 11.3 Å². The number of benzene rings is 1. The molecule has 0 saturated carbocycles. The number of rotatable bonds is 3. The van der Waals surface area contributed by atoms with E-state index in [0.29, 0.717) is 11.5 Å². The summed E-state index contributed by atoms with van der Waals surface area (Å²) in [5, 5.41) is 13.0. The van der Waals surface area contributed by atoms with E-state index < -0.39 is 11.6 Å². The Labute approximate surface area is 127 Å². The summed E-state index contributed by atoms with van der Waals surface area (Å²) in [6.45, 7) is 5.88. The molecule has 1 unspecified atom stereocenters. The highest BCUT2D eigenvalue weighted by Crippen LogP contribution is 2.34. The smallest absolute Gasteiger partial charge is 0.139 e. The molecule has 0 spiro atoms. The molecule has 3 rings (SSSR count). The molecular weight excluding hydrogens is 284 g/mol. The first kappa shape index (κ1) is 14.0. The molecular formula is C15H18N4OS. The summed E-state index contributed by atoms with van der Waals surface area (Å²) in [6, 6.07) is 5.62. The van der Waals surface area contributed by atoms with Crippen molar-refractivity contribution in [2.45, 2.75) is 32.4 Å². The average molecular weight is 302 g/mol. The Morgan fingerprint density at radius 1 is 1.38 bits per heavy atom. The third-order valence-electron chi connectivity index (χ3n) is 3.59. The highest BCUT2D eigenvalue weighted by molar-refractivity contribution is 7.09. The average Bonchev–Trinajstić information content (AvgIpc) is 3.05. The van der Waals surface area contributed by atoms with Gasteiger partial charge in [-0.05, 0) is 39.0 Å². The number of nitrogens with zero attached hydrogens (tertiary/aromatic N) is 3. The lowest BCUT2D eigenvalue weighted by Gasteiger charge is -2.28. The molecule has 0 fully saturated rings. The number of aliphatic hydroxyl groups excluding tert-OH is 1. The first-order valence-corrected chi connectivity index (χ1v) is 7.65. The van der Waals surface area contributed by atoms with E-state index in [9.17, 15) is 5.11 Å². The SMILES string of the molecule is CC(O)c1nc2cc(N)ccc2n1C(C)(C)c1nccs1. The number of hydrogen-bond acceptors (Lipinski definition) is 5. The fourth-order valence-electron chi connectivity index (χ4n) is 2.60. The molecule has 5 nitrogen and oxygen atoms in total. The van der Waals surface area contributed by atoms with Crippen molar-refractivity contribution >= 4 is 28.1 Å². The van der Waals surface area contributed by atoms with Crippen molar-refractivity contribution in [3.8, 4) is 0 Å². The molecule has 2 aromatic heterocycles. The zero-order chi connectivity index (χ0) is 15.2. The van der Waals surface area contributed by atoms with Crippen LogP contribution in [0.4, 0.5) is 5.69 Å². The van der Waals surface area contributed by atoms with Gasteiger partial charge in [0, 0.05) is 17.3 Å². The number of fused-ring (bicyclic) bond motifs is 1. The summed E-state index contributed by atoms with van der Waals surface area (Å²) in [5.74, 6) is 0.621. The van der Waals surface area contributed by atoms with Gasteiger partial charge in [0.15, 0.2) is 0 Å². The molecule has 3 aromatic rings. The van der Waals surface area contributed by atoms with Crippen molar-refractivity contribution in [2.75, 3.05) is 5.73 Å². The van der Waals surface area contributed by atoms with Gasteiger partial charge in [0.1, 0.15) is 16.9 Å². The van der Waals surface area contributed by atoms with Crippen LogP contribution < -0.4 is 5.73 Å². The van der Waals surface area contributed by atoms with Crippen molar-refractivity contribution in [1.29, 1.82) is 0 Å². The van der Waals surface area contributed by atoms with Crippen LogP contribution in [0.25, 0.3) is 11.0 Å². The lowest BCUT2D eigenvalue weighted by atomic mass is 10.1. The molecule has 0 aliphatic heterocycles. The second-order valence-electron chi connectivity index (χ2n) is 5.63. The fraction of sp³-hybridized carbons (Fsp3) is 0.333. The minimum atomic E-state index is -0.669. The van der Waals surface area contributed by atoms with Gasteiger partial charge in [-0.2, -0.15) is 0 Å². The monoisotopic (exact) mass is 302 g/mol. The van der Waals surface area contributed by atoms with E-state index >= 15 is 0 Å². The van der Waals surface area contributed by atoms with Gasteiger partial charge in [-0.25, -0.2) is 9.97 Å². The molecule has 0 bridgehead atoms. The minimum Gasteiger partial charge on any atom is -0.399 e. The van der Waals surface area contributed by atoms with Gasteiger partial charge in [-0.3, -0.25) is 0 Å². The Morgan fingerprint density at radius 3 is 2.76 bits per heavy atom. The highest BCUT2D eigenvalue weighted by atomic mass is 32.1. The van der Waals surface area contributed by atoms with E-state index in [0.717, 1.165) is 16.0 Å². The number of aliphatic hydroxyl groups is 1. The quantitative estimate of drug-likeness (QED) is 0.729. The van der Waals surface area contributed by atoms with Gasteiger partial charge in [0.25, 0.3) is 0 Å². The standard InChI is InChI=1S/C15H18N4OS/c1-9(20)13-18-11-8-10(16)4-5-12(11)19(13)15(2,3)14-17-6-7-21-14/h4-9,20H,16H2,1-3H3. The topological polar surface area (TPSA) is 77.0 Å². The molecule has 110 valence electrons. The second-order valence-corrected chi connectivity index (χ2v) is 6.52. The maximum absolute atomic E-state index is 10.1. The molecule has 1 aromatic carbocycles. The number of thiazole rings is 1. The van der Waals surface area contributed by atoms with E-state index in [1.807, 2.05) is 28.1 Å². The lowest BCUT2D eigenvalue weighted by Crippen LogP contribution is -2.30. The summed E-state index contributed by atoms with van der Waals surface area (Å²) in [5.41, 5.74) is 7.84. The Kier molecular flexibility index (Phi) is 3.22. The van der Waals surface area contributed by atoms with Crippen LogP contribution in [0.1, 0.15) is 37.7 Å². The third-order valence-corrected chi connectivity index (χ3v) is 4.68. The summed E-state index contributed by atoms with van der Waals surface area (Å²) in [7, 11) is 0. The van der Waals surface area contributed by atoms with E-state index in [1.54, 1.807) is 24.5 Å². The first-order valence-electron chi connectivity index (χ1n) is 6.77. The Bertz CT molecular complexity index is 774. The van der Waals surface area contributed by atoms with Crippen LogP contribution in [0.3, 0.4) is 0 Å². The predicted molar refractivity (Wildman–Crippen MR) is 85.3 cm³/mol. The van der Waals surface area contributed by atoms with Gasteiger partial charge in [-0.15, -0.1) is 11.3 Å². The van der Waals surface area contributed by atoms with Crippen LogP contribution in [0.2, 0.25) is 0 Å². The Morgan fingerprint density at radius 2 is 2.14 bits per heavy atom. The van der Waals surface area contributed by atoms with Crippen LogP contribution in [0, 0.1) is 0 Å². The molecule has 6 heteroatoms.